The van der Waals surface area contributed by atoms with Gasteiger partial charge in [-0.3, -0.25) is 14.5 Å². The van der Waals surface area contributed by atoms with Gasteiger partial charge in [0.15, 0.2) is 0 Å². The summed E-state index contributed by atoms with van der Waals surface area (Å²) in [5.74, 6) is -0.566. The molecule has 5 rings (SSSR count). The molecule has 3 saturated carbocycles. The fraction of sp³-hybridized carbons (Fsp3) is 0.500. The molecule has 0 atom stereocenters. The van der Waals surface area contributed by atoms with Gasteiger partial charge in [-0.05, 0) is 58.2 Å². The number of imide groups is 1. The van der Waals surface area contributed by atoms with Crippen LogP contribution in [-0.2, 0) is 4.74 Å². The van der Waals surface area contributed by atoms with Crippen LogP contribution in [0, 0.1) is 0 Å². The number of hydrogen-bond donors (Lipinski definition) is 2. The molecule has 0 aromatic heterocycles. The summed E-state index contributed by atoms with van der Waals surface area (Å²) in [6, 6.07) is 4.78. The lowest BCUT2D eigenvalue weighted by atomic mass is 9.43. The van der Waals surface area contributed by atoms with Crippen LogP contribution in [0.2, 0.25) is 0 Å². The lowest BCUT2D eigenvalue weighted by molar-refractivity contribution is -0.143. The molecule has 1 heterocycles. The third kappa shape index (κ3) is 2.22. The molecule has 0 unspecified atom stereocenters. The van der Waals surface area contributed by atoms with Crippen molar-refractivity contribution in [3.8, 4) is 0 Å². The van der Waals surface area contributed by atoms with Gasteiger partial charge in [0.2, 0.25) is 0 Å². The van der Waals surface area contributed by atoms with Gasteiger partial charge in [0.05, 0.1) is 22.2 Å². The molecule has 1 aliphatic heterocycles. The summed E-state index contributed by atoms with van der Waals surface area (Å²) in [6.45, 7) is 5.42. The molecule has 3 fully saturated rings. The van der Waals surface area contributed by atoms with Crippen LogP contribution in [0.3, 0.4) is 0 Å². The van der Waals surface area contributed by atoms with Crippen LogP contribution in [0.5, 0.6) is 0 Å². The molecule has 4 aliphatic rings. The van der Waals surface area contributed by atoms with Crippen molar-refractivity contribution in [1.82, 2.24) is 10.2 Å². The fourth-order valence-corrected chi connectivity index (χ4v) is 4.31. The predicted octanol–water partition coefficient (Wildman–Crippen LogP) is 2.06. The molecule has 7 nitrogen and oxygen atoms in total. The molecular weight excluding hydrogens is 322 g/mol. The van der Waals surface area contributed by atoms with E-state index in [0.29, 0.717) is 36.1 Å². The Kier molecular flexibility index (Phi) is 2.89. The summed E-state index contributed by atoms with van der Waals surface area (Å²) in [7, 11) is 0. The van der Waals surface area contributed by atoms with Gasteiger partial charge in [0, 0.05) is 5.69 Å². The Labute approximate surface area is 145 Å². The van der Waals surface area contributed by atoms with Crippen molar-refractivity contribution < 1.29 is 19.1 Å². The molecule has 3 N–H and O–H groups in total. The molecule has 1 aromatic carbocycles. The van der Waals surface area contributed by atoms with E-state index in [4.69, 9.17) is 10.5 Å². The van der Waals surface area contributed by atoms with Crippen LogP contribution in [0.15, 0.2) is 18.2 Å². The summed E-state index contributed by atoms with van der Waals surface area (Å²) in [6.07, 6.45) is 1.25. The molecule has 3 aliphatic carbocycles. The second-order valence-corrected chi connectivity index (χ2v) is 8.41. The van der Waals surface area contributed by atoms with Gasteiger partial charge in [0.25, 0.3) is 11.8 Å². The molecule has 0 saturated heterocycles. The summed E-state index contributed by atoms with van der Waals surface area (Å²) >= 11 is 0. The zero-order valence-corrected chi connectivity index (χ0v) is 14.5. The van der Waals surface area contributed by atoms with Crippen molar-refractivity contribution in [3.05, 3.63) is 29.3 Å². The van der Waals surface area contributed by atoms with E-state index in [0.717, 1.165) is 0 Å². The van der Waals surface area contributed by atoms with Gasteiger partial charge in [-0.15, -0.1) is 0 Å². The third-order valence-corrected chi connectivity index (χ3v) is 5.15. The minimum absolute atomic E-state index is 0.273. The maximum absolute atomic E-state index is 12.7. The average Bonchev–Trinajstić information content (AvgIpc) is 2.63. The maximum atomic E-state index is 12.7. The van der Waals surface area contributed by atoms with E-state index in [1.807, 2.05) is 0 Å². The molecule has 7 heteroatoms. The normalized spacial score (nSPS) is 29.6. The van der Waals surface area contributed by atoms with Gasteiger partial charge in [-0.25, -0.2) is 4.79 Å². The first-order chi connectivity index (χ1) is 11.5. The van der Waals surface area contributed by atoms with Gasteiger partial charge in [-0.1, -0.05) is 0 Å². The number of nitrogen functional groups attached to an aromatic ring is 1. The summed E-state index contributed by atoms with van der Waals surface area (Å²) < 4.78 is 5.29. The van der Waals surface area contributed by atoms with Crippen LogP contribution in [0.25, 0.3) is 0 Å². The number of carbonyl (C=O) groups is 3. The SMILES string of the molecule is CC(C)(C)OC(=O)NC12CC(N3C(=O)c4ccc(N)cc4C3=O)(C1)C2. The summed E-state index contributed by atoms with van der Waals surface area (Å²) in [5, 5.41) is 2.89. The van der Waals surface area contributed by atoms with Crippen molar-refractivity contribution in [2.75, 3.05) is 5.73 Å². The molecule has 0 spiro atoms. The highest BCUT2D eigenvalue weighted by molar-refractivity contribution is 6.22. The Balaban J connectivity index is 1.46. The first-order valence-corrected chi connectivity index (χ1v) is 8.34. The molecule has 1 aromatic rings. The molecule has 132 valence electrons. The highest BCUT2D eigenvalue weighted by Crippen LogP contribution is 2.64. The number of alkyl carbamates (subject to hydrolysis) is 1. The number of rotatable bonds is 2. The van der Waals surface area contributed by atoms with Crippen molar-refractivity contribution in [2.45, 2.75) is 56.7 Å². The summed E-state index contributed by atoms with van der Waals surface area (Å²) in [5.41, 5.74) is 5.54. The lowest BCUT2D eigenvalue weighted by Crippen LogP contribution is -2.84. The lowest BCUT2D eigenvalue weighted by Gasteiger charge is -2.72. The Morgan fingerprint density at radius 1 is 1.16 bits per heavy atom. The Morgan fingerprint density at radius 2 is 1.76 bits per heavy atom. The monoisotopic (exact) mass is 343 g/mol. The van der Waals surface area contributed by atoms with Crippen LogP contribution in [0.4, 0.5) is 10.5 Å². The van der Waals surface area contributed by atoms with E-state index in [2.05, 4.69) is 5.32 Å². The topological polar surface area (TPSA) is 102 Å². The van der Waals surface area contributed by atoms with Crippen LogP contribution in [-0.4, -0.2) is 39.5 Å². The minimum atomic E-state index is -0.562. The number of carbonyl (C=O) groups excluding carboxylic acids is 3. The van der Waals surface area contributed by atoms with Gasteiger partial charge >= 0.3 is 6.09 Å². The first kappa shape index (κ1) is 15.9. The van der Waals surface area contributed by atoms with E-state index in [1.165, 1.54) is 4.90 Å². The second-order valence-electron chi connectivity index (χ2n) is 8.41. The molecular formula is C18H21N3O4. The standard InChI is InChI=1S/C18H21N3O4/c1-16(2,3)25-15(24)20-17-7-18(8-17,9-17)21-13(22)11-5-4-10(19)6-12(11)14(21)23/h4-6H,7-9,19H2,1-3H3,(H,20,24). The van der Waals surface area contributed by atoms with E-state index >= 15 is 0 Å². The Morgan fingerprint density at radius 3 is 2.36 bits per heavy atom. The number of ether oxygens (including phenoxy) is 1. The van der Waals surface area contributed by atoms with E-state index in [1.54, 1.807) is 39.0 Å². The Hall–Kier alpha value is -2.57. The quantitative estimate of drug-likeness (QED) is 0.632. The number of nitrogens with two attached hydrogens (primary N) is 1. The van der Waals surface area contributed by atoms with E-state index < -0.39 is 17.2 Å². The molecule has 25 heavy (non-hydrogen) atoms. The zero-order valence-electron chi connectivity index (χ0n) is 14.5. The van der Waals surface area contributed by atoms with E-state index in [-0.39, 0.29) is 17.4 Å². The number of nitrogens with zero attached hydrogens (tertiary/aromatic N) is 1. The number of benzene rings is 1. The van der Waals surface area contributed by atoms with Crippen molar-refractivity contribution >= 4 is 23.6 Å². The van der Waals surface area contributed by atoms with Crippen LogP contribution in [0.1, 0.15) is 60.7 Å². The van der Waals surface area contributed by atoms with Crippen LogP contribution < -0.4 is 11.1 Å². The average molecular weight is 343 g/mol. The number of fused-ring (bicyclic) bond motifs is 1. The third-order valence-electron chi connectivity index (χ3n) is 5.15. The van der Waals surface area contributed by atoms with E-state index in [9.17, 15) is 14.4 Å². The number of nitrogens with one attached hydrogen (secondary N) is 1. The smallest absolute Gasteiger partial charge is 0.408 e. The van der Waals surface area contributed by atoms with Gasteiger partial charge in [0.1, 0.15) is 5.60 Å². The van der Waals surface area contributed by atoms with Crippen LogP contribution >= 0.6 is 0 Å². The zero-order chi connectivity index (χ0) is 18.2. The highest BCUT2D eigenvalue weighted by Gasteiger charge is 2.74. The number of amides is 3. The largest absolute Gasteiger partial charge is 0.444 e. The highest BCUT2D eigenvalue weighted by atomic mass is 16.6. The van der Waals surface area contributed by atoms with Crippen molar-refractivity contribution in [2.24, 2.45) is 0 Å². The molecule has 3 amide bonds. The number of anilines is 1. The first-order valence-electron chi connectivity index (χ1n) is 8.34. The second kappa shape index (κ2) is 4.53. The Bertz CT molecular complexity index is 804. The van der Waals surface area contributed by atoms with Crippen molar-refractivity contribution in [1.29, 1.82) is 0 Å². The molecule has 2 bridgehead atoms. The fourth-order valence-electron chi connectivity index (χ4n) is 4.31. The summed E-state index contributed by atoms with van der Waals surface area (Å²) in [4.78, 5) is 38.6. The predicted molar refractivity (Wildman–Crippen MR) is 90.0 cm³/mol. The van der Waals surface area contributed by atoms with Crippen molar-refractivity contribution in [3.63, 3.8) is 0 Å². The molecule has 0 radical (unpaired) electrons. The maximum Gasteiger partial charge on any atom is 0.408 e. The minimum Gasteiger partial charge on any atom is -0.444 e. The number of hydrogen-bond acceptors (Lipinski definition) is 5. The van der Waals surface area contributed by atoms with Gasteiger partial charge < -0.3 is 15.8 Å². The van der Waals surface area contributed by atoms with Gasteiger partial charge in [-0.2, -0.15) is 0 Å².